The molecule has 0 spiro atoms. The standard InChI is InChI=1S/C14H17N3O/c1-2-12-16-14(17-18-12)13(15)11-5-3-4-10(8-11)9-6-7-9/h3-5,8-9,13H,2,6-7,15H2,1H3. The van der Waals surface area contributed by atoms with E-state index in [-0.39, 0.29) is 6.04 Å². The van der Waals surface area contributed by atoms with E-state index in [1.165, 1.54) is 18.4 Å². The first-order valence-electron chi connectivity index (χ1n) is 6.46. The second-order valence-electron chi connectivity index (χ2n) is 4.82. The highest BCUT2D eigenvalue weighted by atomic mass is 16.5. The second kappa shape index (κ2) is 4.53. The van der Waals surface area contributed by atoms with Crippen LogP contribution >= 0.6 is 0 Å². The van der Waals surface area contributed by atoms with Crippen molar-refractivity contribution in [2.24, 2.45) is 5.73 Å². The number of nitrogens with zero attached hydrogens (tertiary/aromatic N) is 2. The molecule has 1 heterocycles. The molecule has 1 aromatic heterocycles. The van der Waals surface area contributed by atoms with Crippen LogP contribution in [0.5, 0.6) is 0 Å². The summed E-state index contributed by atoms with van der Waals surface area (Å²) < 4.78 is 5.11. The van der Waals surface area contributed by atoms with Gasteiger partial charge in [0, 0.05) is 6.42 Å². The van der Waals surface area contributed by atoms with Crippen LogP contribution < -0.4 is 5.73 Å². The minimum absolute atomic E-state index is 0.298. The first kappa shape index (κ1) is 11.4. The molecular weight excluding hydrogens is 226 g/mol. The molecule has 0 aliphatic heterocycles. The number of rotatable bonds is 4. The zero-order chi connectivity index (χ0) is 12.5. The average Bonchev–Trinajstić information content (AvgIpc) is 3.16. The molecule has 1 aliphatic carbocycles. The van der Waals surface area contributed by atoms with Gasteiger partial charge >= 0.3 is 0 Å². The van der Waals surface area contributed by atoms with Crippen molar-refractivity contribution in [3.8, 4) is 0 Å². The summed E-state index contributed by atoms with van der Waals surface area (Å²) in [6.45, 7) is 1.98. The van der Waals surface area contributed by atoms with Crippen molar-refractivity contribution in [2.75, 3.05) is 0 Å². The molecule has 4 heteroatoms. The quantitative estimate of drug-likeness (QED) is 0.896. The van der Waals surface area contributed by atoms with Crippen LogP contribution in [0, 0.1) is 0 Å². The maximum Gasteiger partial charge on any atom is 0.226 e. The molecule has 1 aliphatic rings. The van der Waals surface area contributed by atoms with E-state index < -0.39 is 0 Å². The number of hydrogen-bond acceptors (Lipinski definition) is 4. The lowest BCUT2D eigenvalue weighted by atomic mass is 10.0. The minimum atomic E-state index is -0.298. The fourth-order valence-electron chi connectivity index (χ4n) is 2.11. The van der Waals surface area contributed by atoms with Crippen molar-refractivity contribution in [1.82, 2.24) is 10.1 Å². The SMILES string of the molecule is CCc1nc(C(N)c2cccc(C3CC3)c2)no1. The summed E-state index contributed by atoms with van der Waals surface area (Å²) >= 11 is 0. The van der Waals surface area contributed by atoms with Crippen molar-refractivity contribution in [2.45, 2.75) is 38.1 Å². The highest BCUT2D eigenvalue weighted by molar-refractivity contribution is 5.32. The lowest BCUT2D eigenvalue weighted by molar-refractivity contribution is 0.375. The van der Waals surface area contributed by atoms with Gasteiger partial charge in [-0.2, -0.15) is 4.98 Å². The van der Waals surface area contributed by atoms with Crippen LogP contribution in [-0.2, 0) is 6.42 Å². The van der Waals surface area contributed by atoms with Crippen LogP contribution in [0.1, 0.15) is 54.6 Å². The Morgan fingerprint density at radius 2 is 2.28 bits per heavy atom. The van der Waals surface area contributed by atoms with Gasteiger partial charge in [-0.05, 0) is 29.9 Å². The molecule has 0 amide bonds. The molecule has 1 unspecified atom stereocenters. The molecule has 2 N–H and O–H groups in total. The van der Waals surface area contributed by atoms with Crippen LogP contribution in [0.15, 0.2) is 28.8 Å². The smallest absolute Gasteiger partial charge is 0.226 e. The second-order valence-corrected chi connectivity index (χ2v) is 4.82. The van der Waals surface area contributed by atoms with Gasteiger partial charge in [0.25, 0.3) is 0 Å². The Balaban J connectivity index is 1.86. The molecule has 3 rings (SSSR count). The molecule has 4 nitrogen and oxygen atoms in total. The highest BCUT2D eigenvalue weighted by Gasteiger charge is 2.24. The van der Waals surface area contributed by atoms with Gasteiger partial charge in [-0.15, -0.1) is 0 Å². The largest absolute Gasteiger partial charge is 0.339 e. The molecule has 0 saturated heterocycles. The number of hydrogen-bond donors (Lipinski definition) is 1. The molecule has 1 saturated carbocycles. The van der Waals surface area contributed by atoms with Crippen LogP contribution in [-0.4, -0.2) is 10.1 Å². The normalized spacial score (nSPS) is 16.8. The summed E-state index contributed by atoms with van der Waals surface area (Å²) in [6, 6.07) is 8.13. The third-order valence-electron chi connectivity index (χ3n) is 3.38. The van der Waals surface area contributed by atoms with Crippen LogP contribution in [0.2, 0.25) is 0 Å². The van der Waals surface area contributed by atoms with Gasteiger partial charge in [-0.3, -0.25) is 0 Å². The maximum absolute atomic E-state index is 6.19. The van der Waals surface area contributed by atoms with Crippen LogP contribution in [0.25, 0.3) is 0 Å². The maximum atomic E-state index is 6.19. The van der Waals surface area contributed by atoms with Gasteiger partial charge in [0.1, 0.15) is 0 Å². The summed E-state index contributed by atoms with van der Waals surface area (Å²) in [6.07, 6.45) is 3.32. The van der Waals surface area contributed by atoms with E-state index in [1.54, 1.807) is 0 Å². The number of benzene rings is 1. The van der Waals surface area contributed by atoms with Crippen LogP contribution in [0.4, 0.5) is 0 Å². The van der Waals surface area contributed by atoms with Crippen molar-refractivity contribution >= 4 is 0 Å². The van der Waals surface area contributed by atoms with Gasteiger partial charge < -0.3 is 10.3 Å². The summed E-state index contributed by atoms with van der Waals surface area (Å²) in [5.41, 5.74) is 8.62. The van der Waals surface area contributed by atoms with E-state index >= 15 is 0 Å². The Bertz CT molecular complexity index is 545. The lowest BCUT2D eigenvalue weighted by Crippen LogP contribution is -2.13. The zero-order valence-corrected chi connectivity index (χ0v) is 10.5. The average molecular weight is 243 g/mol. The van der Waals surface area contributed by atoms with Crippen molar-refractivity contribution in [1.29, 1.82) is 0 Å². The Morgan fingerprint density at radius 3 is 2.94 bits per heavy atom. The fraction of sp³-hybridized carbons (Fsp3) is 0.429. The van der Waals surface area contributed by atoms with E-state index in [2.05, 4.69) is 28.3 Å². The summed E-state index contributed by atoms with van der Waals surface area (Å²) in [7, 11) is 0. The Labute approximate surface area is 106 Å². The van der Waals surface area contributed by atoms with Crippen molar-refractivity contribution in [3.05, 3.63) is 47.1 Å². The monoisotopic (exact) mass is 243 g/mol. The molecule has 1 atom stereocenters. The van der Waals surface area contributed by atoms with E-state index in [4.69, 9.17) is 10.3 Å². The Morgan fingerprint density at radius 1 is 1.44 bits per heavy atom. The number of nitrogens with two attached hydrogens (primary N) is 1. The number of aryl methyl sites for hydroxylation is 1. The Kier molecular flexibility index (Phi) is 2.88. The third kappa shape index (κ3) is 2.16. The molecular formula is C14H17N3O. The molecule has 18 heavy (non-hydrogen) atoms. The van der Waals surface area contributed by atoms with Gasteiger partial charge in [-0.1, -0.05) is 36.3 Å². The Hall–Kier alpha value is -1.68. The lowest BCUT2D eigenvalue weighted by Gasteiger charge is -2.09. The summed E-state index contributed by atoms with van der Waals surface area (Å²) in [5.74, 6) is 1.94. The predicted molar refractivity (Wildman–Crippen MR) is 68.1 cm³/mol. The van der Waals surface area contributed by atoms with Crippen molar-refractivity contribution in [3.63, 3.8) is 0 Å². The van der Waals surface area contributed by atoms with Gasteiger partial charge in [0.15, 0.2) is 5.82 Å². The molecule has 0 radical (unpaired) electrons. The highest BCUT2D eigenvalue weighted by Crippen LogP contribution is 2.40. The topological polar surface area (TPSA) is 64.9 Å². The molecule has 0 bridgehead atoms. The first-order chi connectivity index (χ1) is 8.78. The van der Waals surface area contributed by atoms with E-state index in [1.807, 2.05) is 13.0 Å². The third-order valence-corrected chi connectivity index (χ3v) is 3.38. The van der Waals surface area contributed by atoms with E-state index in [0.717, 1.165) is 17.9 Å². The number of aromatic nitrogens is 2. The summed E-state index contributed by atoms with van der Waals surface area (Å²) in [5, 5.41) is 3.94. The zero-order valence-electron chi connectivity index (χ0n) is 10.5. The van der Waals surface area contributed by atoms with Gasteiger partial charge in [0.05, 0.1) is 6.04 Å². The van der Waals surface area contributed by atoms with E-state index in [9.17, 15) is 0 Å². The van der Waals surface area contributed by atoms with Crippen LogP contribution in [0.3, 0.4) is 0 Å². The fourth-order valence-corrected chi connectivity index (χ4v) is 2.11. The first-order valence-corrected chi connectivity index (χ1v) is 6.46. The van der Waals surface area contributed by atoms with Crippen molar-refractivity contribution < 1.29 is 4.52 Å². The van der Waals surface area contributed by atoms with E-state index in [0.29, 0.717) is 11.7 Å². The minimum Gasteiger partial charge on any atom is -0.339 e. The van der Waals surface area contributed by atoms with Gasteiger partial charge in [-0.25, -0.2) is 0 Å². The molecule has 2 aromatic rings. The van der Waals surface area contributed by atoms with Gasteiger partial charge in [0.2, 0.25) is 5.89 Å². The molecule has 1 aromatic carbocycles. The molecule has 1 fully saturated rings. The molecule has 94 valence electrons. The predicted octanol–water partition coefficient (Wildman–Crippen LogP) is 2.56. The summed E-state index contributed by atoms with van der Waals surface area (Å²) in [4.78, 5) is 4.29.